The number of H-pyrrole nitrogens is 1. The maximum atomic E-state index is 12.0. The van der Waals surface area contributed by atoms with Gasteiger partial charge in [0.05, 0.1) is 23.1 Å². The van der Waals surface area contributed by atoms with Gasteiger partial charge < -0.3 is 26.3 Å². The van der Waals surface area contributed by atoms with E-state index >= 15 is 0 Å². The van der Waals surface area contributed by atoms with Gasteiger partial charge in [-0.2, -0.15) is 0 Å². The maximum Gasteiger partial charge on any atom is 0.261 e. The van der Waals surface area contributed by atoms with E-state index in [1.54, 1.807) is 25.1 Å². The van der Waals surface area contributed by atoms with Crippen LogP contribution in [0.25, 0.3) is 0 Å². The zero-order valence-electron chi connectivity index (χ0n) is 14.8. The molecule has 1 aromatic carbocycles. The number of nitrogens with zero attached hydrogens (tertiary/aromatic N) is 1. The molecule has 2 atom stereocenters. The van der Waals surface area contributed by atoms with E-state index in [2.05, 4.69) is 9.98 Å². The first kappa shape index (κ1) is 19.8. The Labute approximate surface area is 153 Å². The van der Waals surface area contributed by atoms with Crippen LogP contribution in [-0.4, -0.2) is 40.1 Å². The highest BCUT2D eigenvalue weighted by Crippen LogP contribution is 2.30. The number of benzene rings is 1. The van der Waals surface area contributed by atoms with Crippen LogP contribution < -0.4 is 17.0 Å². The van der Waals surface area contributed by atoms with Crippen molar-refractivity contribution in [2.24, 2.45) is 10.7 Å². The zero-order chi connectivity index (χ0) is 19.5. The number of methoxy groups -OCH3 is 1. The fraction of sp³-hybridized carbons (Fsp3) is 0.294. The van der Waals surface area contributed by atoms with Gasteiger partial charge in [0.1, 0.15) is 17.0 Å². The third-order valence-electron chi connectivity index (χ3n) is 3.78. The van der Waals surface area contributed by atoms with E-state index in [1.807, 2.05) is 0 Å². The Morgan fingerprint density at radius 3 is 2.69 bits per heavy atom. The normalized spacial score (nSPS) is 15.5. The number of amidine groups is 1. The van der Waals surface area contributed by atoms with Crippen LogP contribution in [0.1, 0.15) is 18.1 Å². The maximum absolute atomic E-state index is 12.0. The minimum absolute atomic E-state index is 0.00511. The molecule has 0 aliphatic carbocycles. The van der Waals surface area contributed by atoms with Crippen molar-refractivity contribution in [3.8, 4) is 0 Å². The Bertz CT molecular complexity index is 921. The van der Waals surface area contributed by atoms with Crippen molar-refractivity contribution in [1.29, 1.82) is 0 Å². The van der Waals surface area contributed by atoms with Gasteiger partial charge in [-0.3, -0.25) is 9.00 Å². The number of nitrogen functional groups attached to an aromatic ring is 1. The standard InChI is InChI=1S/C17H22N4O4S/c1-17(23,9-25-2)11-8-10(4-5-13(11)26(3)24)21-15(19)14-12(18)6-7-20-16(14)22/h4-8,23H,9H2,1-3H3,(H2,19,21)(H3,18,20,22). The van der Waals surface area contributed by atoms with Gasteiger partial charge in [-0.15, -0.1) is 0 Å². The summed E-state index contributed by atoms with van der Waals surface area (Å²) >= 11 is 0. The number of ether oxygens (including phenoxy) is 1. The fourth-order valence-electron chi connectivity index (χ4n) is 2.57. The van der Waals surface area contributed by atoms with Crippen LogP contribution in [0.2, 0.25) is 0 Å². The summed E-state index contributed by atoms with van der Waals surface area (Å²) in [6.45, 7) is 1.56. The summed E-state index contributed by atoms with van der Waals surface area (Å²) in [5.41, 5.74) is 11.0. The predicted molar refractivity (Wildman–Crippen MR) is 102 cm³/mol. The van der Waals surface area contributed by atoms with Crippen molar-refractivity contribution in [1.82, 2.24) is 4.98 Å². The molecule has 2 aromatic rings. The minimum atomic E-state index is -1.38. The molecule has 26 heavy (non-hydrogen) atoms. The Kier molecular flexibility index (Phi) is 5.96. The molecule has 1 aromatic heterocycles. The predicted octanol–water partition coefficient (Wildman–Crippen LogP) is 0.585. The van der Waals surface area contributed by atoms with Crippen LogP contribution in [0.15, 0.2) is 45.1 Å². The Balaban J connectivity index is 2.58. The van der Waals surface area contributed by atoms with Crippen LogP contribution in [0, 0.1) is 0 Å². The molecule has 0 fully saturated rings. The molecular formula is C17H22N4O4S. The molecule has 0 saturated carbocycles. The lowest BCUT2D eigenvalue weighted by atomic mass is 9.96. The number of aliphatic imine (C=N–C) groups is 1. The molecule has 0 bridgehead atoms. The summed E-state index contributed by atoms with van der Waals surface area (Å²) in [6.07, 6.45) is 2.93. The molecule has 0 aliphatic heterocycles. The van der Waals surface area contributed by atoms with Crippen molar-refractivity contribution in [2.75, 3.05) is 25.7 Å². The van der Waals surface area contributed by atoms with Gasteiger partial charge in [-0.1, -0.05) is 0 Å². The van der Waals surface area contributed by atoms with Crippen LogP contribution in [0.5, 0.6) is 0 Å². The molecule has 0 saturated heterocycles. The topological polar surface area (TPSA) is 144 Å². The highest BCUT2D eigenvalue weighted by molar-refractivity contribution is 7.84. The molecule has 1 heterocycles. The molecule has 2 rings (SSSR count). The number of anilines is 1. The lowest BCUT2D eigenvalue weighted by Gasteiger charge is -2.25. The number of hydrogen-bond donors (Lipinski definition) is 4. The number of aromatic amines is 1. The highest BCUT2D eigenvalue weighted by Gasteiger charge is 2.27. The van der Waals surface area contributed by atoms with Gasteiger partial charge in [0, 0.05) is 35.7 Å². The minimum Gasteiger partial charge on any atom is -0.398 e. The number of nitrogens with two attached hydrogens (primary N) is 2. The molecule has 0 spiro atoms. The number of pyridine rings is 1. The second kappa shape index (κ2) is 7.81. The second-order valence-corrected chi connectivity index (χ2v) is 7.32. The molecule has 2 unspecified atom stereocenters. The van der Waals surface area contributed by atoms with E-state index < -0.39 is 22.0 Å². The molecule has 8 nitrogen and oxygen atoms in total. The van der Waals surface area contributed by atoms with Crippen LogP contribution >= 0.6 is 0 Å². The zero-order valence-corrected chi connectivity index (χ0v) is 15.6. The van der Waals surface area contributed by atoms with Crippen molar-refractivity contribution in [3.05, 3.63) is 51.9 Å². The summed E-state index contributed by atoms with van der Waals surface area (Å²) in [5.74, 6) is -0.0629. The first-order valence-electron chi connectivity index (χ1n) is 7.68. The lowest BCUT2D eigenvalue weighted by Crippen LogP contribution is -2.28. The van der Waals surface area contributed by atoms with Gasteiger partial charge in [0.25, 0.3) is 5.56 Å². The van der Waals surface area contributed by atoms with Gasteiger partial charge in [-0.25, -0.2) is 4.99 Å². The fourth-order valence-corrected chi connectivity index (χ4v) is 3.42. The Morgan fingerprint density at radius 1 is 1.42 bits per heavy atom. The third-order valence-corrected chi connectivity index (χ3v) is 4.75. The third kappa shape index (κ3) is 4.18. The molecule has 0 aliphatic rings. The number of nitrogens with one attached hydrogen (secondary N) is 1. The van der Waals surface area contributed by atoms with Crippen molar-refractivity contribution < 1.29 is 14.1 Å². The first-order chi connectivity index (χ1) is 12.2. The summed E-state index contributed by atoms with van der Waals surface area (Å²) in [6, 6.07) is 6.27. The summed E-state index contributed by atoms with van der Waals surface area (Å²) in [7, 11) is 0.135. The number of aromatic nitrogens is 1. The van der Waals surface area contributed by atoms with Gasteiger partial charge >= 0.3 is 0 Å². The largest absolute Gasteiger partial charge is 0.398 e. The summed E-state index contributed by atoms with van der Waals surface area (Å²) < 4.78 is 17.0. The number of hydrogen-bond acceptors (Lipinski definition) is 6. The van der Waals surface area contributed by atoms with Crippen LogP contribution in [0.4, 0.5) is 11.4 Å². The van der Waals surface area contributed by atoms with Crippen molar-refractivity contribution in [3.63, 3.8) is 0 Å². The van der Waals surface area contributed by atoms with E-state index in [9.17, 15) is 14.1 Å². The van der Waals surface area contributed by atoms with E-state index in [0.717, 1.165) is 0 Å². The molecular weight excluding hydrogens is 356 g/mol. The Morgan fingerprint density at radius 2 is 2.12 bits per heavy atom. The highest BCUT2D eigenvalue weighted by atomic mass is 32.2. The second-order valence-electron chi connectivity index (χ2n) is 5.98. The average Bonchev–Trinajstić information content (AvgIpc) is 2.54. The quantitative estimate of drug-likeness (QED) is 0.428. The van der Waals surface area contributed by atoms with Crippen molar-refractivity contribution in [2.45, 2.75) is 17.4 Å². The van der Waals surface area contributed by atoms with E-state index in [4.69, 9.17) is 16.2 Å². The first-order valence-corrected chi connectivity index (χ1v) is 9.24. The average molecular weight is 378 g/mol. The SMILES string of the molecule is COCC(C)(O)c1cc(N=C(N)c2c(N)cc[nH]c2=O)ccc1S(C)=O. The molecule has 0 amide bonds. The van der Waals surface area contributed by atoms with Gasteiger partial charge in [-0.05, 0) is 31.2 Å². The van der Waals surface area contributed by atoms with E-state index in [1.165, 1.54) is 25.6 Å². The molecule has 0 radical (unpaired) electrons. The molecule has 6 N–H and O–H groups in total. The van der Waals surface area contributed by atoms with E-state index in [0.29, 0.717) is 16.1 Å². The monoisotopic (exact) mass is 378 g/mol. The smallest absolute Gasteiger partial charge is 0.261 e. The van der Waals surface area contributed by atoms with E-state index in [-0.39, 0.29) is 23.7 Å². The lowest BCUT2D eigenvalue weighted by molar-refractivity contribution is -0.0227. The van der Waals surface area contributed by atoms with Gasteiger partial charge in [0.15, 0.2) is 0 Å². The molecule has 9 heteroatoms. The summed E-state index contributed by atoms with van der Waals surface area (Å²) in [4.78, 5) is 19.1. The van der Waals surface area contributed by atoms with Crippen LogP contribution in [-0.2, 0) is 21.1 Å². The Hall–Kier alpha value is -2.49. The van der Waals surface area contributed by atoms with Crippen molar-refractivity contribution >= 4 is 28.0 Å². The number of aliphatic hydroxyl groups is 1. The summed E-state index contributed by atoms with van der Waals surface area (Å²) in [5, 5.41) is 10.7. The molecule has 140 valence electrons. The van der Waals surface area contributed by atoms with Crippen LogP contribution in [0.3, 0.4) is 0 Å². The number of rotatable bonds is 6. The van der Waals surface area contributed by atoms with Gasteiger partial charge in [0.2, 0.25) is 0 Å².